The number of carbonyl (C=O) groups is 2. The number of nitrogens with two attached hydrogens (primary N) is 2. The number of carboxylic acid groups (broad SMARTS) is 1. The minimum absolute atomic E-state index is 0. The third-order valence-electron chi connectivity index (χ3n) is 6.14. The highest BCUT2D eigenvalue weighted by molar-refractivity contribution is 6.25. The molecule has 0 unspecified atom stereocenters. The van der Waals surface area contributed by atoms with E-state index >= 15 is 0 Å². The van der Waals surface area contributed by atoms with E-state index in [0.717, 1.165) is 20.3 Å². The molecule has 2 saturated carbocycles. The standard InChI is InChI=1S/C17H31BN3O4.H2O/c1-9(2)14(19)15(22)21-11-6-10-8-17(20,16(23)24)13(12(10)7-11)4-3-5-18-25;/h9-14,25H,3-8,19-20H2,1-2H3,(H,21,22)(H,23,24);1H2/t10-,11+,12-,13+,14+,17+;/m1./s1. The average molecular weight is 370 g/mol. The van der Waals surface area contributed by atoms with Crippen molar-refractivity contribution >= 4 is 19.4 Å². The Morgan fingerprint density at radius 1 is 1.35 bits per heavy atom. The monoisotopic (exact) mass is 370 g/mol. The quantitative estimate of drug-likeness (QED) is 0.278. The predicted molar refractivity (Wildman–Crippen MR) is 99.2 cm³/mol. The van der Waals surface area contributed by atoms with Crippen molar-refractivity contribution in [3.8, 4) is 0 Å². The molecule has 0 aromatic rings. The minimum atomic E-state index is -1.20. The van der Waals surface area contributed by atoms with Crippen molar-refractivity contribution in [1.29, 1.82) is 0 Å². The first-order chi connectivity index (χ1) is 11.7. The largest absolute Gasteiger partial charge is 0.480 e. The molecule has 0 bridgehead atoms. The Hall–Kier alpha value is -1.16. The summed E-state index contributed by atoms with van der Waals surface area (Å²) in [5, 5.41) is 21.5. The Labute approximate surface area is 155 Å². The highest BCUT2D eigenvalue weighted by atomic mass is 16.4. The van der Waals surface area contributed by atoms with Crippen LogP contribution in [-0.4, -0.2) is 52.6 Å². The van der Waals surface area contributed by atoms with Gasteiger partial charge < -0.3 is 32.4 Å². The van der Waals surface area contributed by atoms with Gasteiger partial charge >= 0.3 is 5.97 Å². The van der Waals surface area contributed by atoms with Gasteiger partial charge in [0, 0.05) is 6.04 Å². The number of hydrogen-bond acceptors (Lipinski definition) is 5. The van der Waals surface area contributed by atoms with Gasteiger partial charge in [0.15, 0.2) is 0 Å². The van der Waals surface area contributed by atoms with E-state index in [9.17, 15) is 14.7 Å². The summed E-state index contributed by atoms with van der Waals surface area (Å²) >= 11 is 0. The van der Waals surface area contributed by atoms with Crippen molar-refractivity contribution in [1.82, 2.24) is 5.32 Å². The van der Waals surface area contributed by atoms with E-state index < -0.39 is 17.6 Å². The summed E-state index contributed by atoms with van der Waals surface area (Å²) in [5.41, 5.74) is 11.0. The minimum Gasteiger partial charge on any atom is -0.480 e. The van der Waals surface area contributed by atoms with Gasteiger partial charge in [0.25, 0.3) is 7.48 Å². The van der Waals surface area contributed by atoms with Crippen molar-refractivity contribution in [2.45, 2.75) is 69.9 Å². The lowest BCUT2D eigenvalue weighted by atomic mass is 9.77. The van der Waals surface area contributed by atoms with Gasteiger partial charge in [-0.25, -0.2) is 0 Å². The second-order valence-electron chi connectivity index (χ2n) is 8.14. The summed E-state index contributed by atoms with van der Waals surface area (Å²) in [7, 11) is 1.11. The van der Waals surface area contributed by atoms with E-state index in [4.69, 9.17) is 16.5 Å². The van der Waals surface area contributed by atoms with E-state index in [-0.39, 0.29) is 41.1 Å². The van der Waals surface area contributed by atoms with Crippen molar-refractivity contribution < 1.29 is 25.2 Å². The molecule has 0 saturated heterocycles. The van der Waals surface area contributed by atoms with Crippen LogP contribution >= 0.6 is 0 Å². The first kappa shape index (κ1) is 22.9. The first-order valence-corrected chi connectivity index (χ1v) is 9.24. The normalized spacial score (nSPS) is 34.1. The smallest absolute Gasteiger partial charge is 0.323 e. The molecular weight excluding hydrogens is 337 g/mol. The van der Waals surface area contributed by atoms with Crippen LogP contribution in [0.1, 0.15) is 46.0 Å². The molecule has 2 aliphatic carbocycles. The number of carbonyl (C=O) groups excluding carboxylic acids is 1. The highest BCUT2D eigenvalue weighted by Crippen LogP contribution is 2.53. The lowest BCUT2D eigenvalue weighted by molar-refractivity contribution is -0.145. The molecule has 2 fully saturated rings. The molecule has 1 amide bonds. The molecule has 1 radical (unpaired) electrons. The zero-order valence-electron chi connectivity index (χ0n) is 15.6. The third-order valence-corrected chi connectivity index (χ3v) is 6.14. The number of fused-ring (bicyclic) bond motifs is 1. The Balaban J connectivity index is 0.00000338. The third kappa shape index (κ3) is 4.57. The zero-order chi connectivity index (χ0) is 18.8. The fraction of sp³-hybridized carbons (Fsp3) is 0.882. The van der Waals surface area contributed by atoms with Crippen LogP contribution in [0.5, 0.6) is 0 Å². The topological polar surface area (TPSA) is 170 Å². The molecule has 2 rings (SSSR count). The van der Waals surface area contributed by atoms with Gasteiger partial charge in [-0.3, -0.25) is 9.59 Å². The molecule has 0 spiro atoms. The molecule has 6 atom stereocenters. The number of aliphatic carboxylic acids is 1. The van der Waals surface area contributed by atoms with Gasteiger partial charge in [-0.1, -0.05) is 26.6 Å². The van der Waals surface area contributed by atoms with Crippen LogP contribution in [0.2, 0.25) is 6.32 Å². The molecule has 0 aromatic carbocycles. The summed E-state index contributed by atoms with van der Waals surface area (Å²) in [6, 6.07) is -0.485. The highest BCUT2D eigenvalue weighted by Gasteiger charge is 2.58. The summed E-state index contributed by atoms with van der Waals surface area (Å²) in [6.45, 7) is 3.83. The van der Waals surface area contributed by atoms with E-state index in [1.807, 2.05) is 13.8 Å². The maximum absolute atomic E-state index is 12.2. The van der Waals surface area contributed by atoms with Crippen LogP contribution in [0.15, 0.2) is 0 Å². The second-order valence-corrected chi connectivity index (χ2v) is 8.14. The predicted octanol–water partition coefficient (Wildman–Crippen LogP) is -0.732. The second kappa shape index (κ2) is 9.17. The lowest BCUT2D eigenvalue weighted by Crippen LogP contribution is -2.53. The van der Waals surface area contributed by atoms with E-state index in [1.54, 1.807) is 0 Å². The van der Waals surface area contributed by atoms with Crippen molar-refractivity contribution in [3.05, 3.63) is 0 Å². The van der Waals surface area contributed by atoms with Gasteiger partial charge in [0.2, 0.25) is 5.91 Å². The molecule has 9 N–H and O–H groups in total. The van der Waals surface area contributed by atoms with E-state index in [1.165, 1.54) is 0 Å². The van der Waals surface area contributed by atoms with E-state index in [2.05, 4.69) is 5.32 Å². The van der Waals surface area contributed by atoms with Crippen molar-refractivity contribution in [2.75, 3.05) is 0 Å². The molecule has 26 heavy (non-hydrogen) atoms. The van der Waals surface area contributed by atoms with Gasteiger partial charge in [-0.2, -0.15) is 0 Å². The summed E-state index contributed by atoms with van der Waals surface area (Å²) in [6.07, 6.45) is 3.88. The van der Waals surface area contributed by atoms with Crippen molar-refractivity contribution in [2.24, 2.45) is 35.1 Å². The van der Waals surface area contributed by atoms with Gasteiger partial charge in [0.1, 0.15) is 5.54 Å². The SMILES string of the molecule is CC(C)[C@H](N)C(=O)N[C@H]1C[C@@H]2C[C@@](N)(C(=O)O)[C@@H](CCC[B]O)[C@@H]2C1.O. The van der Waals surface area contributed by atoms with Crippen LogP contribution in [0.4, 0.5) is 0 Å². The Morgan fingerprint density at radius 2 is 2.00 bits per heavy atom. The maximum atomic E-state index is 12.2. The Bertz CT molecular complexity index is 507. The average Bonchev–Trinajstić information content (AvgIpc) is 3.02. The molecular formula is C17H33BN3O5. The van der Waals surface area contributed by atoms with Crippen LogP contribution < -0.4 is 16.8 Å². The first-order valence-electron chi connectivity index (χ1n) is 9.24. The number of carboxylic acids is 1. The molecule has 8 nitrogen and oxygen atoms in total. The number of hydrogen-bond donors (Lipinski definition) is 5. The molecule has 2 aliphatic rings. The number of amides is 1. The summed E-state index contributed by atoms with van der Waals surface area (Å²) in [4.78, 5) is 24.0. The molecule has 0 heterocycles. The molecule has 149 valence electrons. The fourth-order valence-corrected chi connectivity index (χ4v) is 4.72. The number of rotatable bonds is 8. The maximum Gasteiger partial charge on any atom is 0.323 e. The van der Waals surface area contributed by atoms with Gasteiger partial charge in [-0.05, 0) is 49.4 Å². The summed E-state index contributed by atoms with van der Waals surface area (Å²) in [5.74, 6) is -0.723. The van der Waals surface area contributed by atoms with Gasteiger partial charge in [-0.15, -0.1) is 0 Å². The molecule has 0 aromatic heterocycles. The van der Waals surface area contributed by atoms with Crippen molar-refractivity contribution in [3.63, 3.8) is 0 Å². The molecule has 9 heteroatoms. The summed E-state index contributed by atoms with van der Waals surface area (Å²) < 4.78 is 0. The fourth-order valence-electron chi connectivity index (χ4n) is 4.72. The van der Waals surface area contributed by atoms with Crippen LogP contribution in [0, 0.1) is 23.7 Å². The van der Waals surface area contributed by atoms with Crippen LogP contribution in [0.25, 0.3) is 0 Å². The zero-order valence-corrected chi connectivity index (χ0v) is 15.6. The molecule has 0 aliphatic heterocycles. The number of nitrogens with one attached hydrogen (secondary N) is 1. The van der Waals surface area contributed by atoms with E-state index in [0.29, 0.717) is 25.6 Å². The Kier molecular flexibility index (Phi) is 8.07. The van der Waals surface area contributed by atoms with Gasteiger partial charge in [0.05, 0.1) is 6.04 Å². The van der Waals surface area contributed by atoms with Crippen LogP contribution in [-0.2, 0) is 9.59 Å². The lowest BCUT2D eigenvalue weighted by Gasteiger charge is -2.31. The van der Waals surface area contributed by atoms with Crippen LogP contribution in [0.3, 0.4) is 0 Å². The Morgan fingerprint density at radius 3 is 2.54 bits per heavy atom.